The number of methoxy groups -OCH3 is 2. The summed E-state index contributed by atoms with van der Waals surface area (Å²) in [5.41, 5.74) is 2.60. The molecule has 0 saturated heterocycles. The van der Waals surface area contributed by atoms with Crippen molar-refractivity contribution in [3.05, 3.63) is 65.4 Å². The fraction of sp³-hybridized carbons (Fsp3) is 0.200. The molecule has 2 aromatic carbocycles. The number of amides is 1. The highest BCUT2D eigenvalue weighted by Gasteiger charge is 2.34. The van der Waals surface area contributed by atoms with Gasteiger partial charge in [-0.25, -0.2) is 0 Å². The second-order valence-electron chi connectivity index (χ2n) is 6.44. The number of ether oxygens (including phenoxy) is 2. The molecule has 2 heterocycles. The van der Waals surface area contributed by atoms with Crippen LogP contribution in [0.3, 0.4) is 0 Å². The largest absolute Gasteiger partial charge is 0.497 e. The van der Waals surface area contributed by atoms with Gasteiger partial charge in [-0.3, -0.25) is 4.79 Å². The summed E-state index contributed by atoms with van der Waals surface area (Å²) in [7, 11) is 3.17. The van der Waals surface area contributed by atoms with E-state index in [1.54, 1.807) is 31.0 Å². The molecule has 3 aromatic rings. The van der Waals surface area contributed by atoms with Gasteiger partial charge in [0.1, 0.15) is 17.5 Å². The number of para-hydroxylation sites is 2. The molecule has 29 heavy (non-hydrogen) atoms. The average molecular weight is 392 g/mol. The van der Waals surface area contributed by atoms with Gasteiger partial charge < -0.3 is 20.1 Å². The summed E-state index contributed by atoms with van der Waals surface area (Å²) >= 11 is 0. The highest BCUT2D eigenvalue weighted by Crippen LogP contribution is 2.36. The normalized spacial score (nSPS) is 15.3. The summed E-state index contributed by atoms with van der Waals surface area (Å²) in [6.45, 7) is 1.83. The molecule has 4 rings (SSSR count). The van der Waals surface area contributed by atoms with Gasteiger partial charge in [0, 0.05) is 5.70 Å². The molecule has 1 aliphatic rings. The molecule has 9 heteroatoms. The molecule has 1 amide bonds. The maximum Gasteiger partial charge on any atom is 0.255 e. The number of tetrazole rings is 1. The Hall–Kier alpha value is -3.88. The number of fused-ring (bicyclic) bond motifs is 1. The maximum atomic E-state index is 13.3. The third kappa shape index (κ3) is 3.38. The van der Waals surface area contributed by atoms with Crippen LogP contribution in [0.5, 0.6) is 11.5 Å². The minimum Gasteiger partial charge on any atom is -0.497 e. The van der Waals surface area contributed by atoms with Crippen LogP contribution in [0, 0.1) is 0 Å². The summed E-state index contributed by atoms with van der Waals surface area (Å²) in [6.07, 6.45) is 0. The first kappa shape index (κ1) is 18.5. The molecule has 1 aromatic heterocycles. The molecule has 0 spiro atoms. The van der Waals surface area contributed by atoms with Gasteiger partial charge in [-0.1, -0.05) is 29.4 Å². The first-order valence-corrected chi connectivity index (χ1v) is 8.96. The fourth-order valence-corrected chi connectivity index (χ4v) is 3.34. The molecule has 0 saturated carbocycles. The standard InChI is InChI=1S/C20H20N6O3/c1-12-17(19(27)22-15-6-4-5-7-16(15)29-3)18(26-20(21-12)23-24-25-26)13-8-10-14(28-2)11-9-13/h4-11,18H,1-3H3,(H,22,27)(H,21,23,25)/t18-/m0/s1. The Labute approximate surface area is 167 Å². The van der Waals surface area contributed by atoms with Gasteiger partial charge in [0.2, 0.25) is 5.95 Å². The number of anilines is 2. The van der Waals surface area contributed by atoms with E-state index in [1.165, 1.54) is 0 Å². The number of hydrogen-bond acceptors (Lipinski definition) is 7. The predicted molar refractivity (Wildman–Crippen MR) is 107 cm³/mol. The van der Waals surface area contributed by atoms with Gasteiger partial charge in [-0.05, 0) is 47.2 Å². The van der Waals surface area contributed by atoms with Crippen LogP contribution in [0.25, 0.3) is 0 Å². The first-order chi connectivity index (χ1) is 14.1. The van der Waals surface area contributed by atoms with Crippen LogP contribution < -0.4 is 20.1 Å². The zero-order valence-corrected chi connectivity index (χ0v) is 16.2. The van der Waals surface area contributed by atoms with Crippen molar-refractivity contribution < 1.29 is 14.3 Å². The van der Waals surface area contributed by atoms with E-state index in [0.29, 0.717) is 28.7 Å². The number of aromatic nitrogens is 4. The monoisotopic (exact) mass is 392 g/mol. The lowest BCUT2D eigenvalue weighted by molar-refractivity contribution is -0.113. The number of rotatable bonds is 5. The highest BCUT2D eigenvalue weighted by molar-refractivity contribution is 6.06. The number of allylic oxidation sites excluding steroid dienone is 1. The summed E-state index contributed by atoms with van der Waals surface area (Å²) in [5.74, 6) is 1.49. The summed E-state index contributed by atoms with van der Waals surface area (Å²) in [6, 6.07) is 14.2. The van der Waals surface area contributed by atoms with Crippen molar-refractivity contribution in [2.45, 2.75) is 13.0 Å². The summed E-state index contributed by atoms with van der Waals surface area (Å²) < 4.78 is 12.2. The molecule has 0 unspecified atom stereocenters. The molecular weight excluding hydrogens is 372 g/mol. The Bertz CT molecular complexity index is 1070. The van der Waals surface area contributed by atoms with Crippen molar-refractivity contribution in [3.63, 3.8) is 0 Å². The number of hydrogen-bond donors (Lipinski definition) is 2. The van der Waals surface area contributed by atoms with Crippen LogP contribution in [0.15, 0.2) is 59.8 Å². The molecule has 0 fully saturated rings. The van der Waals surface area contributed by atoms with Gasteiger partial charge in [0.05, 0.1) is 25.5 Å². The molecule has 9 nitrogen and oxygen atoms in total. The van der Waals surface area contributed by atoms with Crippen LogP contribution in [-0.4, -0.2) is 40.3 Å². The van der Waals surface area contributed by atoms with Gasteiger partial charge in [0.25, 0.3) is 5.91 Å². The van der Waals surface area contributed by atoms with E-state index >= 15 is 0 Å². The van der Waals surface area contributed by atoms with Crippen LogP contribution in [0.4, 0.5) is 11.6 Å². The minimum absolute atomic E-state index is 0.276. The second kappa shape index (κ2) is 7.63. The zero-order valence-electron chi connectivity index (χ0n) is 16.2. The SMILES string of the molecule is COc1ccc([C@H]2C(C(=O)Nc3ccccc3OC)=C(C)Nc3nnnn32)cc1. The Morgan fingerprint density at radius 2 is 1.86 bits per heavy atom. The van der Waals surface area contributed by atoms with E-state index in [2.05, 4.69) is 26.2 Å². The number of carbonyl (C=O) groups excluding carboxylic acids is 1. The molecular formula is C20H20N6O3. The fourth-order valence-electron chi connectivity index (χ4n) is 3.34. The van der Waals surface area contributed by atoms with Crippen LogP contribution in [0.1, 0.15) is 18.5 Å². The van der Waals surface area contributed by atoms with E-state index in [-0.39, 0.29) is 5.91 Å². The maximum absolute atomic E-state index is 13.3. The molecule has 1 aliphatic heterocycles. The number of nitrogens with one attached hydrogen (secondary N) is 2. The highest BCUT2D eigenvalue weighted by atomic mass is 16.5. The van der Waals surface area contributed by atoms with E-state index in [9.17, 15) is 4.79 Å². The second-order valence-corrected chi connectivity index (χ2v) is 6.44. The third-order valence-corrected chi connectivity index (χ3v) is 4.75. The summed E-state index contributed by atoms with van der Waals surface area (Å²) in [4.78, 5) is 13.3. The van der Waals surface area contributed by atoms with Crippen molar-refractivity contribution in [3.8, 4) is 11.5 Å². The first-order valence-electron chi connectivity index (χ1n) is 8.96. The quantitative estimate of drug-likeness (QED) is 0.688. The lowest BCUT2D eigenvalue weighted by atomic mass is 9.95. The van der Waals surface area contributed by atoms with Crippen molar-refractivity contribution in [1.29, 1.82) is 0 Å². The molecule has 0 radical (unpaired) electrons. The van der Waals surface area contributed by atoms with Gasteiger partial charge in [-0.15, -0.1) is 0 Å². The molecule has 148 valence electrons. The molecule has 0 bridgehead atoms. The zero-order chi connectivity index (χ0) is 20.4. The number of carbonyl (C=O) groups is 1. The van der Waals surface area contributed by atoms with Crippen molar-refractivity contribution in [2.75, 3.05) is 24.9 Å². The lowest BCUT2D eigenvalue weighted by Crippen LogP contribution is -2.31. The van der Waals surface area contributed by atoms with Gasteiger partial charge in [0.15, 0.2) is 0 Å². The van der Waals surface area contributed by atoms with Gasteiger partial charge >= 0.3 is 0 Å². The van der Waals surface area contributed by atoms with Crippen molar-refractivity contribution in [1.82, 2.24) is 20.2 Å². The number of nitrogens with zero attached hydrogens (tertiary/aromatic N) is 4. The average Bonchev–Trinajstić information content (AvgIpc) is 3.21. The Morgan fingerprint density at radius 3 is 2.59 bits per heavy atom. The van der Waals surface area contributed by atoms with Crippen LogP contribution in [0.2, 0.25) is 0 Å². The smallest absolute Gasteiger partial charge is 0.255 e. The van der Waals surface area contributed by atoms with E-state index in [0.717, 1.165) is 11.3 Å². The van der Waals surface area contributed by atoms with Crippen molar-refractivity contribution in [2.24, 2.45) is 0 Å². The Kier molecular flexibility index (Phi) is 4.86. The van der Waals surface area contributed by atoms with Crippen LogP contribution >= 0.6 is 0 Å². The minimum atomic E-state index is -0.498. The van der Waals surface area contributed by atoms with Crippen LogP contribution in [-0.2, 0) is 4.79 Å². The molecule has 2 N–H and O–H groups in total. The molecule has 0 aliphatic carbocycles. The topological polar surface area (TPSA) is 103 Å². The molecule has 1 atom stereocenters. The van der Waals surface area contributed by atoms with E-state index in [1.807, 2.05) is 43.3 Å². The predicted octanol–water partition coefficient (Wildman–Crippen LogP) is 2.62. The van der Waals surface area contributed by atoms with Crippen molar-refractivity contribution >= 4 is 17.5 Å². The van der Waals surface area contributed by atoms with Gasteiger partial charge in [-0.2, -0.15) is 4.68 Å². The number of benzene rings is 2. The van der Waals surface area contributed by atoms with E-state index in [4.69, 9.17) is 9.47 Å². The third-order valence-electron chi connectivity index (χ3n) is 4.75. The lowest BCUT2D eigenvalue weighted by Gasteiger charge is -2.28. The Balaban J connectivity index is 1.75. The Morgan fingerprint density at radius 1 is 1.10 bits per heavy atom. The summed E-state index contributed by atoms with van der Waals surface area (Å²) in [5, 5.41) is 17.9. The van der Waals surface area contributed by atoms with E-state index < -0.39 is 6.04 Å².